The van der Waals surface area contributed by atoms with Crippen LogP contribution in [0, 0.1) is 0 Å². The van der Waals surface area contributed by atoms with Crippen LogP contribution in [0.5, 0.6) is 0 Å². The molecule has 0 aromatic heterocycles. The van der Waals surface area contributed by atoms with E-state index in [0.717, 1.165) is 0 Å². The van der Waals surface area contributed by atoms with Gasteiger partial charge in [-0.05, 0) is 47.2 Å². The number of hydrogen-bond donors (Lipinski definition) is 0. The third-order valence-corrected chi connectivity index (χ3v) is 5.25. The van der Waals surface area contributed by atoms with Crippen molar-refractivity contribution in [1.29, 1.82) is 0 Å². The first-order valence-corrected chi connectivity index (χ1v) is 9.88. The molecule has 0 saturated heterocycles. The zero-order valence-electron chi connectivity index (χ0n) is 16.7. The smallest absolute Gasteiger partial charge is 0.0710 e. The topological polar surface area (TPSA) is 0 Å². The molecular weight excluding hydrogens is 372 g/mol. The van der Waals surface area contributed by atoms with Gasteiger partial charge >= 0.3 is 0 Å². The van der Waals surface area contributed by atoms with Crippen molar-refractivity contribution < 1.29 is 0 Å². The van der Waals surface area contributed by atoms with Crippen molar-refractivity contribution in [2.45, 2.75) is 62.8 Å². The molecule has 0 heterocycles. The number of hydrogen-bond acceptors (Lipinski definition) is 0. The molecular formula is C31H44. The van der Waals surface area contributed by atoms with Crippen molar-refractivity contribution in [3.63, 3.8) is 0 Å². The van der Waals surface area contributed by atoms with Gasteiger partial charge < -0.3 is 0 Å². The highest BCUT2D eigenvalue weighted by molar-refractivity contribution is 5.86. The summed E-state index contributed by atoms with van der Waals surface area (Å²) in [6.45, 7) is 8.23. The molecule has 0 aliphatic heterocycles. The van der Waals surface area contributed by atoms with Crippen molar-refractivity contribution in [3.8, 4) is 11.1 Å². The second-order valence-electron chi connectivity index (χ2n) is 6.45. The van der Waals surface area contributed by atoms with Crippen LogP contribution < -0.4 is 0 Å². The maximum Gasteiger partial charge on any atom is 0.0710 e. The fourth-order valence-electron chi connectivity index (χ4n) is 4.33. The van der Waals surface area contributed by atoms with Gasteiger partial charge in [-0.3, -0.25) is 0 Å². The summed E-state index contributed by atoms with van der Waals surface area (Å²) in [4.78, 5) is 0. The summed E-state index contributed by atoms with van der Waals surface area (Å²) in [5.74, 6) is 0. The van der Waals surface area contributed by atoms with E-state index in [-0.39, 0.29) is 35.1 Å². The zero-order chi connectivity index (χ0) is 19.3. The van der Waals surface area contributed by atoms with Crippen molar-refractivity contribution >= 4 is 0 Å². The molecule has 0 atom stereocenters. The van der Waals surface area contributed by atoms with Gasteiger partial charge in [0.25, 0.3) is 0 Å². The Kier molecular flexibility index (Phi) is 13.2. The first-order valence-electron chi connectivity index (χ1n) is 9.88. The Morgan fingerprint density at radius 1 is 0.613 bits per heavy atom. The van der Waals surface area contributed by atoms with Gasteiger partial charge in [-0.1, -0.05) is 141 Å². The van der Waals surface area contributed by atoms with E-state index in [9.17, 15) is 0 Å². The lowest BCUT2D eigenvalue weighted by atomic mass is 9.67. The fourth-order valence-corrected chi connectivity index (χ4v) is 4.33. The first kappa shape index (κ1) is 30.3. The van der Waals surface area contributed by atoms with Crippen LogP contribution in [0.1, 0.15) is 74.1 Å². The summed E-state index contributed by atoms with van der Waals surface area (Å²) in [5.41, 5.74) is 7.80. The van der Waals surface area contributed by atoms with Crippen LogP contribution in [0.4, 0.5) is 0 Å². The van der Waals surface area contributed by atoms with Crippen LogP contribution in [0.15, 0.2) is 103 Å². The molecule has 1 aliphatic carbocycles. The first-order chi connectivity index (χ1) is 13.3. The maximum atomic E-state index is 2.29. The van der Waals surface area contributed by atoms with E-state index in [1.54, 1.807) is 0 Å². The Morgan fingerprint density at radius 2 is 1.03 bits per heavy atom. The average Bonchev–Trinajstić information content (AvgIpc) is 3.06. The molecule has 0 radical (unpaired) electrons. The zero-order valence-corrected chi connectivity index (χ0v) is 16.7. The predicted molar refractivity (Wildman–Crippen MR) is 145 cm³/mol. The molecule has 0 heteroatoms. The molecule has 3 aromatic carbocycles. The van der Waals surface area contributed by atoms with E-state index in [1.165, 1.54) is 33.4 Å². The molecule has 1 aliphatic rings. The summed E-state index contributed by atoms with van der Waals surface area (Å²) in [6.07, 6.45) is 6.65. The third-order valence-electron chi connectivity index (χ3n) is 5.25. The normalized spacial score (nSPS) is 12.5. The van der Waals surface area contributed by atoms with Crippen LogP contribution in [0.2, 0.25) is 0 Å². The SMILES string of the molecule is C.C.C.C.C/C=C\C(=C/C)C1(c2ccccc2)c2ccccc2-c2ccccc21.CC. The molecule has 0 unspecified atom stereocenters. The number of rotatable bonds is 3. The van der Waals surface area contributed by atoms with E-state index in [4.69, 9.17) is 0 Å². The van der Waals surface area contributed by atoms with Crippen molar-refractivity contribution in [2.24, 2.45) is 0 Å². The Balaban J connectivity index is 0. The summed E-state index contributed by atoms with van der Waals surface area (Å²) in [6, 6.07) is 28.6. The molecule has 0 nitrogen and oxygen atoms in total. The highest BCUT2D eigenvalue weighted by atomic mass is 14.5. The quantitative estimate of drug-likeness (QED) is 0.372. The molecule has 0 spiro atoms. The second kappa shape index (κ2) is 13.4. The molecule has 168 valence electrons. The average molecular weight is 417 g/mol. The lowest BCUT2D eigenvalue weighted by Crippen LogP contribution is -2.28. The largest absolute Gasteiger partial charge is 0.0873 e. The van der Waals surface area contributed by atoms with Gasteiger partial charge in [0.15, 0.2) is 0 Å². The lowest BCUT2D eigenvalue weighted by molar-refractivity contribution is 0.765. The summed E-state index contributed by atoms with van der Waals surface area (Å²) in [7, 11) is 0. The standard InChI is InChI=1S/C25H22.C2H6.4CH4/c1-3-12-19(4-2)25(20-13-6-5-7-14-20)23-17-10-8-15-21(23)22-16-9-11-18-24(22)25;1-2;;;;/h3-18H,1-2H3;1-2H3;4*1H4/b12-3-,19-4+;;;;;. The number of benzene rings is 3. The number of allylic oxidation sites excluding steroid dienone is 4. The minimum atomic E-state index is -0.254. The summed E-state index contributed by atoms with van der Waals surface area (Å²) < 4.78 is 0. The molecule has 0 fully saturated rings. The summed E-state index contributed by atoms with van der Waals surface area (Å²) in [5, 5.41) is 0. The highest BCUT2D eigenvalue weighted by Crippen LogP contribution is 2.56. The van der Waals surface area contributed by atoms with Crippen LogP contribution in [0.3, 0.4) is 0 Å². The van der Waals surface area contributed by atoms with Gasteiger partial charge in [-0.25, -0.2) is 0 Å². The number of fused-ring (bicyclic) bond motifs is 3. The molecule has 0 N–H and O–H groups in total. The molecule has 0 saturated carbocycles. The monoisotopic (exact) mass is 416 g/mol. The van der Waals surface area contributed by atoms with E-state index < -0.39 is 0 Å². The van der Waals surface area contributed by atoms with Crippen molar-refractivity contribution in [2.75, 3.05) is 0 Å². The fraction of sp³-hybridized carbons (Fsp3) is 0.290. The highest BCUT2D eigenvalue weighted by Gasteiger charge is 2.45. The minimum absolute atomic E-state index is 0. The van der Waals surface area contributed by atoms with E-state index in [1.807, 2.05) is 13.8 Å². The molecule has 4 rings (SSSR count). The lowest BCUT2D eigenvalue weighted by Gasteiger charge is -2.34. The van der Waals surface area contributed by atoms with E-state index in [0.29, 0.717) is 0 Å². The van der Waals surface area contributed by atoms with Gasteiger partial charge in [0, 0.05) is 0 Å². The minimum Gasteiger partial charge on any atom is -0.0873 e. The molecule has 31 heavy (non-hydrogen) atoms. The van der Waals surface area contributed by atoms with E-state index >= 15 is 0 Å². The van der Waals surface area contributed by atoms with Crippen LogP contribution in [0.25, 0.3) is 11.1 Å². The van der Waals surface area contributed by atoms with Crippen LogP contribution >= 0.6 is 0 Å². The Labute approximate surface area is 193 Å². The third kappa shape index (κ3) is 4.74. The van der Waals surface area contributed by atoms with Crippen LogP contribution in [-0.4, -0.2) is 0 Å². The van der Waals surface area contributed by atoms with Gasteiger partial charge in [-0.15, -0.1) is 0 Å². The Morgan fingerprint density at radius 3 is 1.45 bits per heavy atom. The van der Waals surface area contributed by atoms with Gasteiger partial charge in [0.05, 0.1) is 5.41 Å². The van der Waals surface area contributed by atoms with Crippen molar-refractivity contribution in [3.05, 3.63) is 119 Å². The predicted octanol–water partition coefficient (Wildman–Crippen LogP) is 10.1. The van der Waals surface area contributed by atoms with Crippen molar-refractivity contribution in [1.82, 2.24) is 0 Å². The Hall–Kier alpha value is -2.86. The van der Waals surface area contributed by atoms with Crippen LogP contribution in [-0.2, 0) is 5.41 Å². The van der Waals surface area contributed by atoms with Gasteiger partial charge in [0.2, 0.25) is 0 Å². The van der Waals surface area contributed by atoms with E-state index in [2.05, 4.69) is 111 Å². The molecule has 3 aromatic rings. The van der Waals surface area contributed by atoms with Gasteiger partial charge in [0.1, 0.15) is 0 Å². The molecule has 0 bridgehead atoms. The maximum absolute atomic E-state index is 2.29. The van der Waals surface area contributed by atoms with Gasteiger partial charge in [-0.2, -0.15) is 0 Å². The second-order valence-corrected chi connectivity index (χ2v) is 6.45. The Bertz CT molecular complexity index is 913. The molecule has 0 amide bonds. The summed E-state index contributed by atoms with van der Waals surface area (Å²) >= 11 is 0.